The standard InChI is InChI=1S/C11H9N5O2S/c12-9(17)5-18-8-3-1-2-7(4-8)10-15-16-6-13-14-11(16)19-10/h1-4,6H,5H2,(H2,12,17). The topological polar surface area (TPSA) is 95.4 Å². The molecule has 1 amide bonds. The predicted molar refractivity (Wildman–Crippen MR) is 68.8 cm³/mol. The Hall–Kier alpha value is -2.48. The van der Waals surface area contributed by atoms with E-state index in [-0.39, 0.29) is 6.61 Å². The molecular formula is C11H9N5O2S. The van der Waals surface area contributed by atoms with Crippen LogP contribution in [0.3, 0.4) is 0 Å². The Balaban J connectivity index is 1.90. The van der Waals surface area contributed by atoms with Gasteiger partial charge in [-0.15, -0.1) is 10.2 Å². The number of benzene rings is 1. The van der Waals surface area contributed by atoms with Gasteiger partial charge in [-0.3, -0.25) is 4.79 Å². The normalized spacial score (nSPS) is 10.7. The van der Waals surface area contributed by atoms with E-state index in [9.17, 15) is 4.79 Å². The minimum atomic E-state index is -0.510. The number of nitrogens with zero attached hydrogens (tertiary/aromatic N) is 4. The van der Waals surface area contributed by atoms with E-state index < -0.39 is 5.91 Å². The highest BCUT2D eigenvalue weighted by molar-refractivity contribution is 7.19. The summed E-state index contributed by atoms with van der Waals surface area (Å²) in [7, 11) is 0. The second kappa shape index (κ2) is 4.65. The molecule has 0 aliphatic carbocycles. The van der Waals surface area contributed by atoms with Gasteiger partial charge >= 0.3 is 0 Å². The summed E-state index contributed by atoms with van der Waals surface area (Å²) < 4.78 is 6.86. The van der Waals surface area contributed by atoms with Crippen molar-refractivity contribution in [1.82, 2.24) is 19.8 Å². The van der Waals surface area contributed by atoms with Crippen LogP contribution in [-0.2, 0) is 4.79 Å². The zero-order chi connectivity index (χ0) is 13.2. The molecule has 0 aliphatic rings. The SMILES string of the molecule is NC(=O)COc1cccc(-c2nn3cnnc3s2)c1. The Morgan fingerprint density at radius 1 is 1.47 bits per heavy atom. The Kier molecular flexibility index (Phi) is 2.84. The van der Waals surface area contributed by atoms with E-state index in [1.54, 1.807) is 23.0 Å². The fourth-order valence-electron chi connectivity index (χ4n) is 1.55. The zero-order valence-corrected chi connectivity index (χ0v) is 10.5. The fourth-order valence-corrected chi connectivity index (χ4v) is 2.37. The van der Waals surface area contributed by atoms with Crippen LogP contribution in [0.4, 0.5) is 0 Å². The number of aromatic nitrogens is 4. The van der Waals surface area contributed by atoms with Gasteiger partial charge in [-0.05, 0) is 12.1 Å². The van der Waals surface area contributed by atoms with Crippen LogP contribution in [0.5, 0.6) is 5.75 Å². The van der Waals surface area contributed by atoms with Gasteiger partial charge in [-0.2, -0.15) is 9.61 Å². The average molecular weight is 275 g/mol. The molecule has 19 heavy (non-hydrogen) atoms. The van der Waals surface area contributed by atoms with E-state index in [1.165, 1.54) is 11.3 Å². The molecule has 3 rings (SSSR count). The van der Waals surface area contributed by atoms with Crippen LogP contribution in [0.15, 0.2) is 30.6 Å². The minimum absolute atomic E-state index is 0.144. The van der Waals surface area contributed by atoms with Gasteiger partial charge in [0, 0.05) is 5.56 Å². The van der Waals surface area contributed by atoms with Crippen LogP contribution in [0.1, 0.15) is 0 Å². The van der Waals surface area contributed by atoms with Crippen molar-refractivity contribution in [2.75, 3.05) is 6.61 Å². The number of carbonyl (C=O) groups is 1. The first-order chi connectivity index (χ1) is 9.22. The largest absolute Gasteiger partial charge is 0.484 e. The molecule has 0 radical (unpaired) electrons. The monoisotopic (exact) mass is 275 g/mol. The van der Waals surface area contributed by atoms with Gasteiger partial charge in [-0.1, -0.05) is 23.5 Å². The van der Waals surface area contributed by atoms with Gasteiger partial charge in [0.05, 0.1) is 0 Å². The highest BCUT2D eigenvalue weighted by Gasteiger charge is 2.08. The molecule has 0 saturated heterocycles. The summed E-state index contributed by atoms with van der Waals surface area (Å²) in [5, 5.41) is 12.8. The number of amides is 1. The van der Waals surface area contributed by atoms with Crippen molar-refractivity contribution in [3.05, 3.63) is 30.6 Å². The third-order valence-electron chi connectivity index (χ3n) is 2.35. The van der Waals surface area contributed by atoms with Crippen LogP contribution < -0.4 is 10.5 Å². The summed E-state index contributed by atoms with van der Waals surface area (Å²) in [5.41, 5.74) is 5.92. The first-order valence-electron chi connectivity index (χ1n) is 5.41. The first-order valence-corrected chi connectivity index (χ1v) is 6.22. The molecule has 0 spiro atoms. The van der Waals surface area contributed by atoms with Crippen molar-refractivity contribution in [2.45, 2.75) is 0 Å². The number of rotatable bonds is 4. The van der Waals surface area contributed by atoms with E-state index in [4.69, 9.17) is 10.5 Å². The molecule has 0 fully saturated rings. The summed E-state index contributed by atoms with van der Waals surface area (Å²) >= 11 is 1.42. The lowest BCUT2D eigenvalue weighted by Crippen LogP contribution is -2.19. The second-order valence-corrected chi connectivity index (χ2v) is 4.70. The Morgan fingerprint density at radius 3 is 3.16 bits per heavy atom. The van der Waals surface area contributed by atoms with Crippen LogP contribution >= 0.6 is 11.3 Å². The Morgan fingerprint density at radius 2 is 2.37 bits per heavy atom. The van der Waals surface area contributed by atoms with Crippen molar-refractivity contribution in [3.8, 4) is 16.3 Å². The van der Waals surface area contributed by atoms with Crippen molar-refractivity contribution >= 4 is 22.2 Å². The molecule has 8 heteroatoms. The number of hydrogen-bond donors (Lipinski definition) is 1. The highest BCUT2D eigenvalue weighted by atomic mass is 32.1. The van der Waals surface area contributed by atoms with Gasteiger partial charge in [0.25, 0.3) is 5.91 Å². The van der Waals surface area contributed by atoms with E-state index in [2.05, 4.69) is 15.3 Å². The summed E-state index contributed by atoms with van der Waals surface area (Å²) in [6.07, 6.45) is 1.54. The molecule has 0 atom stereocenters. The molecule has 2 heterocycles. The lowest BCUT2D eigenvalue weighted by molar-refractivity contribution is -0.119. The van der Waals surface area contributed by atoms with Crippen LogP contribution in [0, 0.1) is 0 Å². The number of carbonyl (C=O) groups excluding carboxylic acids is 1. The molecule has 0 saturated carbocycles. The summed E-state index contributed by atoms with van der Waals surface area (Å²) in [6.45, 7) is -0.144. The maximum Gasteiger partial charge on any atom is 0.255 e. The molecule has 0 bridgehead atoms. The Bertz CT molecular complexity index is 707. The quantitative estimate of drug-likeness (QED) is 0.756. The van der Waals surface area contributed by atoms with Crippen LogP contribution in [0.2, 0.25) is 0 Å². The Labute approximate surface area is 111 Å². The van der Waals surface area contributed by atoms with Gasteiger partial charge < -0.3 is 10.5 Å². The first kappa shape index (κ1) is 11.6. The molecule has 1 aromatic carbocycles. The third-order valence-corrected chi connectivity index (χ3v) is 3.31. The minimum Gasteiger partial charge on any atom is -0.484 e. The summed E-state index contributed by atoms with van der Waals surface area (Å²) in [6, 6.07) is 7.29. The average Bonchev–Trinajstić information content (AvgIpc) is 2.97. The zero-order valence-electron chi connectivity index (χ0n) is 9.68. The van der Waals surface area contributed by atoms with Crippen molar-refractivity contribution in [2.24, 2.45) is 5.73 Å². The maximum absolute atomic E-state index is 10.7. The number of nitrogens with two attached hydrogens (primary N) is 1. The molecule has 96 valence electrons. The lowest BCUT2D eigenvalue weighted by atomic mass is 10.2. The van der Waals surface area contributed by atoms with Gasteiger partial charge in [-0.25, -0.2) is 0 Å². The molecule has 3 aromatic rings. The van der Waals surface area contributed by atoms with E-state index in [0.717, 1.165) is 15.5 Å². The van der Waals surface area contributed by atoms with E-state index >= 15 is 0 Å². The number of ether oxygens (including phenoxy) is 1. The fraction of sp³-hybridized carbons (Fsp3) is 0.0909. The third kappa shape index (κ3) is 2.38. The van der Waals surface area contributed by atoms with Gasteiger partial charge in [0.1, 0.15) is 17.1 Å². The van der Waals surface area contributed by atoms with E-state index in [0.29, 0.717) is 5.75 Å². The van der Waals surface area contributed by atoms with Crippen LogP contribution in [-0.4, -0.2) is 32.3 Å². The molecule has 0 unspecified atom stereocenters. The van der Waals surface area contributed by atoms with Gasteiger partial charge in [0.2, 0.25) is 4.96 Å². The summed E-state index contributed by atoms with van der Waals surface area (Å²) in [5.74, 6) is 0.0615. The van der Waals surface area contributed by atoms with Crippen molar-refractivity contribution in [1.29, 1.82) is 0 Å². The molecule has 0 aliphatic heterocycles. The molecule has 2 aromatic heterocycles. The van der Waals surface area contributed by atoms with Crippen molar-refractivity contribution in [3.63, 3.8) is 0 Å². The van der Waals surface area contributed by atoms with E-state index in [1.807, 2.05) is 12.1 Å². The second-order valence-electron chi connectivity index (χ2n) is 3.75. The molecule has 7 nitrogen and oxygen atoms in total. The molecule has 2 N–H and O–H groups in total. The van der Waals surface area contributed by atoms with Crippen molar-refractivity contribution < 1.29 is 9.53 Å². The van der Waals surface area contributed by atoms with Gasteiger partial charge in [0.15, 0.2) is 6.61 Å². The summed E-state index contributed by atoms with van der Waals surface area (Å²) in [4.78, 5) is 11.4. The highest BCUT2D eigenvalue weighted by Crippen LogP contribution is 2.27. The predicted octanol–water partition coefficient (Wildman–Crippen LogP) is 0.717. The smallest absolute Gasteiger partial charge is 0.255 e. The lowest BCUT2D eigenvalue weighted by Gasteiger charge is -2.04. The number of fused-ring (bicyclic) bond motifs is 1. The number of primary amides is 1. The van der Waals surface area contributed by atoms with Crippen LogP contribution in [0.25, 0.3) is 15.5 Å². The number of hydrogen-bond acceptors (Lipinski definition) is 6. The maximum atomic E-state index is 10.7. The molecular weight excluding hydrogens is 266 g/mol.